The van der Waals surface area contributed by atoms with Gasteiger partial charge >= 0.3 is 11.7 Å². The van der Waals surface area contributed by atoms with Gasteiger partial charge in [-0.1, -0.05) is 18.7 Å². The summed E-state index contributed by atoms with van der Waals surface area (Å²) in [4.78, 5) is 47.1. The summed E-state index contributed by atoms with van der Waals surface area (Å²) < 4.78 is 4.48. The molecular formula is C9H11N3O5S. The van der Waals surface area contributed by atoms with Gasteiger partial charge in [-0.15, -0.1) is 0 Å². The van der Waals surface area contributed by atoms with Crippen LogP contribution in [0.3, 0.4) is 0 Å². The summed E-state index contributed by atoms with van der Waals surface area (Å²) in [6.07, 6.45) is 0.119. The number of carbonyl (C=O) groups excluding carboxylic acids is 2. The smallest absolute Gasteiger partial charge is 0.342 e. The van der Waals surface area contributed by atoms with Gasteiger partial charge in [0.15, 0.2) is 16.1 Å². The number of aromatic amines is 2. The lowest BCUT2D eigenvalue weighted by Gasteiger charge is -2.10. The summed E-state index contributed by atoms with van der Waals surface area (Å²) in [5.74, 6) is -1.15. The molecule has 1 rings (SSSR count). The molecule has 0 radical (unpaired) electrons. The number of hydrogen-bond donors (Lipinski definition) is 2. The third-order valence-corrected chi connectivity index (χ3v) is 3.16. The number of nitrogens with one attached hydrogen (secondary N) is 2. The van der Waals surface area contributed by atoms with Gasteiger partial charge in [-0.2, -0.15) is 5.10 Å². The van der Waals surface area contributed by atoms with Crippen LogP contribution in [-0.4, -0.2) is 39.3 Å². The lowest BCUT2D eigenvalue weighted by atomic mass is 10.2. The quantitative estimate of drug-likeness (QED) is 0.403. The Hall–Kier alpha value is -1.90. The molecule has 0 saturated heterocycles. The van der Waals surface area contributed by atoms with Crippen molar-refractivity contribution in [2.45, 2.75) is 23.6 Å². The zero-order valence-corrected chi connectivity index (χ0v) is 10.5. The number of ether oxygens (including phenoxy) is 1. The number of Topliss-reactive ketones (excluding diaryl/α,β-unsaturated/α-hetero) is 1. The zero-order valence-electron chi connectivity index (χ0n) is 9.68. The van der Waals surface area contributed by atoms with Crippen molar-refractivity contribution >= 4 is 23.5 Å². The first kappa shape index (κ1) is 14.2. The fourth-order valence-electron chi connectivity index (χ4n) is 1.07. The Morgan fingerprint density at radius 1 is 1.44 bits per heavy atom. The standard InChI is InChI=1S/C9H11N3O5S/c1-3-4(13)5(8(15)17-2)18-7-6(14)10-9(16)12-11-7/h5H,3H2,1-2H3,(H2,10,12,14,16)/t5-/m0/s1. The molecule has 0 saturated carbocycles. The summed E-state index contributed by atoms with van der Waals surface area (Å²) >= 11 is 0.640. The van der Waals surface area contributed by atoms with E-state index >= 15 is 0 Å². The molecule has 1 aromatic rings. The number of ketones is 1. The Labute approximate surface area is 105 Å². The molecule has 0 aromatic carbocycles. The van der Waals surface area contributed by atoms with Gasteiger partial charge in [-0.3, -0.25) is 19.4 Å². The van der Waals surface area contributed by atoms with Crippen molar-refractivity contribution in [2.75, 3.05) is 7.11 Å². The van der Waals surface area contributed by atoms with Crippen molar-refractivity contribution in [3.63, 3.8) is 0 Å². The van der Waals surface area contributed by atoms with E-state index in [1.807, 2.05) is 10.1 Å². The molecule has 8 nitrogen and oxygen atoms in total. The monoisotopic (exact) mass is 273 g/mol. The van der Waals surface area contributed by atoms with Gasteiger partial charge in [0.2, 0.25) is 0 Å². The molecule has 0 spiro atoms. The molecule has 1 heterocycles. The van der Waals surface area contributed by atoms with Crippen molar-refractivity contribution in [1.82, 2.24) is 15.2 Å². The molecule has 0 bridgehead atoms. The Kier molecular flexibility index (Phi) is 4.84. The van der Waals surface area contributed by atoms with E-state index in [2.05, 4.69) is 9.84 Å². The second-order valence-corrected chi connectivity index (χ2v) is 4.25. The predicted molar refractivity (Wildman–Crippen MR) is 62.4 cm³/mol. The van der Waals surface area contributed by atoms with Gasteiger partial charge in [0.25, 0.3) is 5.56 Å². The first-order valence-corrected chi connectivity index (χ1v) is 5.83. The summed E-state index contributed by atoms with van der Waals surface area (Å²) in [5.41, 5.74) is -1.53. The Balaban J connectivity index is 3.03. The SMILES string of the molecule is CCC(=O)[C@H](Sc1n[nH]c(=O)[nH]c1=O)C(=O)OC. The van der Waals surface area contributed by atoms with Crippen LogP contribution >= 0.6 is 11.8 Å². The molecule has 0 amide bonds. The molecule has 0 aliphatic carbocycles. The summed E-state index contributed by atoms with van der Waals surface area (Å²) in [6, 6.07) is 0. The van der Waals surface area contributed by atoms with Gasteiger partial charge in [-0.25, -0.2) is 9.89 Å². The molecule has 1 atom stereocenters. The number of H-pyrrole nitrogens is 2. The minimum Gasteiger partial charge on any atom is -0.468 e. The number of carbonyl (C=O) groups is 2. The van der Waals surface area contributed by atoms with E-state index in [0.717, 1.165) is 7.11 Å². The summed E-state index contributed by atoms with van der Waals surface area (Å²) in [5, 5.41) is 4.15. The van der Waals surface area contributed by atoms with E-state index in [4.69, 9.17) is 0 Å². The van der Waals surface area contributed by atoms with Crippen molar-refractivity contribution in [1.29, 1.82) is 0 Å². The molecule has 18 heavy (non-hydrogen) atoms. The molecule has 0 unspecified atom stereocenters. The Morgan fingerprint density at radius 3 is 2.61 bits per heavy atom. The second-order valence-electron chi connectivity index (χ2n) is 3.15. The molecule has 2 N–H and O–H groups in total. The minimum absolute atomic E-state index is 0.119. The highest BCUT2D eigenvalue weighted by Gasteiger charge is 2.29. The molecule has 98 valence electrons. The van der Waals surface area contributed by atoms with E-state index in [9.17, 15) is 19.2 Å². The molecule has 1 aromatic heterocycles. The fourth-order valence-corrected chi connectivity index (χ4v) is 2.04. The Morgan fingerprint density at radius 2 is 2.11 bits per heavy atom. The maximum Gasteiger partial charge on any atom is 0.342 e. The van der Waals surface area contributed by atoms with Gasteiger partial charge < -0.3 is 4.74 Å². The van der Waals surface area contributed by atoms with E-state index in [1.54, 1.807) is 6.92 Å². The fraction of sp³-hybridized carbons (Fsp3) is 0.444. The van der Waals surface area contributed by atoms with Crippen LogP contribution in [0.5, 0.6) is 0 Å². The maximum atomic E-state index is 11.6. The van der Waals surface area contributed by atoms with Crippen molar-refractivity contribution < 1.29 is 14.3 Å². The summed E-state index contributed by atoms with van der Waals surface area (Å²) in [7, 11) is 1.14. The van der Waals surface area contributed by atoms with Crippen LogP contribution in [0.15, 0.2) is 14.6 Å². The van der Waals surface area contributed by atoms with Gasteiger partial charge in [0.1, 0.15) is 0 Å². The number of thioether (sulfide) groups is 1. The zero-order chi connectivity index (χ0) is 13.7. The lowest BCUT2D eigenvalue weighted by molar-refractivity contribution is -0.142. The largest absolute Gasteiger partial charge is 0.468 e. The molecule has 9 heteroatoms. The first-order valence-electron chi connectivity index (χ1n) is 4.95. The minimum atomic E-state index is -1.17. The van der Waals surface area contributed by atoms with E-state index < -0.39 is 22.5 Å². The van der Waals surface area contributed by atoms with E-state index in [0.29, 0.717) is 11.8 Å². The molecular weight excluding hydrogens is 262 g/mol. The number of aromatic nitrogens is 3. The van der Waals surface area contributed by atoms with Crippen LogP contribution in [0, 0.1) is 0 Å². The van der Waals surface area contributed by atoms with Crippen molar-refractivity contribution in [3.8, 4) is 0 Å². The van der Waals surface area contributed by atoms with Gasteiger partial charge in [0.05, 0.1) is 7.11 Å². The van der Waals surface area contributed by atoms with Crippen molar-refractivity contribution in [3.05, 3.63) is 20.8 Å². The highest BCUT2D eigenvalue weighted by Crippen LogP contribution is 2.20. The Bertz CT molecular complexity index is 548. The van der Waals surface area contributed by atoms with Crippen LogP contribution < -0.4 is 11.2 Å². The van der Waals surface area contributed by atoms with Crippen LogP contribution in [0.25, 0.3) is 0 Å². The third kappa shape index (κ3) is 3.29. The van der Waals surface area contributed by atoms with Gasteiger partial charge in [-0.05, 0) is 0 Å². The number of rotatable bonds is 5. The predicted octanol–water partition coefficient (Wildman–Crippen LogP) is -0.929. The van der Waals surface area contributed by atoms with Crippen LogP contribution in [0.2, 0.25) is 0 Å². The van der Waals surface area contributed by atoms with Crippen molar-refractivity contribution in [2.24, 2.45) is 0 Å². The van der Waals surface area contributed by atoms with Crippen LogP contribution in [-0.2, 0) is 14.3 Å². The average molecular weight is 273 g/mol. The maximum absolute atomic E-state index is 11.6. The highest BCUT2D eigenvalue weighted by molar-refractivity contribution is 8.01. The average Bonchev–Trinajstić information content (AvgIpc) is 2.36. The molecule has 0 aliphatic heterocycles. The molecule has 0 fully saturated rings. The van der Waals surface area contributed by atoms with Crippen LogP contribution in [0.1, 0.15) is 13.3 Å². The number of hydrogen-bond acceptors (Lipinski definition) is 7. The number of nitrogens with zero attached hydrogens (tertiary/aromatic N) is 1. The molecule has 0 aliphatic rings. The topological polar surface area (TPSA) is 122 Å². The lowest BCUT2D eigenvalue weighted by Crippen LogP contribution is -2.31. The van der Waals surface area contributed by atoms with E-state index in [1.165, 1.54) is 0 Å². The first-order chi connectivity index (χ1) is 8.49. The number of esters is 1. The van der Waals surface area contributed by atoms with Crippen LogP contribution in [0.4, 0.5) is 0 Å². The summed E-state index contributed by atoms with van der Waals surface area (Å²) in [6.45, 7) is 1.59. The number of methoxy groups -OCH3 is 1. The van der Waals surface area contributed by atoms with E-state index in [-0.39, 0.29) is 17.2 Å². The normalized spacial score (nSPS) is 11.9. The van der Waals surface area contributed by atoms with Gasteiger partial charge in [0, 0.05) is 6.42 Å². The highest BCUT2D eigenvalue weighted by atomic mass is 32.2. The third-order valence-electron chi connectivity index (χ3n) is 1.97. The second kappa shape index (κ2) is 6.15.